The molecule has 2 N–H and O–H groups in total. The van der Waals surface area contributed by atoms with E-state index in [1.807, 2.05) is 30.5 Å². The number of carbonyl (C=O) groups is 2. The lowest BCUT2D eigenvalue weighted by Gasteiger charge is -2.24. The van der Waals surface area contributed by atoms with E-state index in [1.165, 1.54) is 0 Å². The summed E-state index contributed by atoms with van der Waals surface area (Å²) in [5.41, 5.74) is 2.04. The fourth-order valence-electron chi connectivity index (χ4n) is 5.79. The maximum absolute atomic E-state index is 13.4. The van der Waals surface area contributed by atoms with Crippen LogP contribution >= 0.6 is 0 Å². The van der Waals surface area contributed by atoms with E-state index in [-0.39, 0.29) is 40.3 Å². The summed E-state index contributed by atoms with van der Waals surface area (Å²) >= 11 is 0. The molecule has 0 spiro atoms. The Morgan fingerprint density at radius 1 is 1.26 bits per heavy atom. The Labute approximate surface area is 239 Å². The van der Waals surface area contributed by atoms with E-state index < -0.39 is 12.1 Å². The molecule has 4 atom stereocenters. The number of carboxylic acids is 1. The molecular weight excluding hydrogens is 557 g/mol. The number of alkyl halides is 3. The number of imidazole rings is 1. The Morgan fingerprint density at radius 2 is 1.95 bits per heavy atom. The quantitative estimate of drug-likeness (QED) is 0.416. The standard InChI is InChI=1S/C27H32N4O4.C2HF3O2/c1-16(2)35-21-11-23-29-22(27-8-7-26(4,14-27)34-15-27)13-30(23)12-18(21)24(32)28-19-6-5-9-31(25(19)33)20-10-17(20)3;3-2(4,5)1(6)7/h5-6,9,11-13,16-17,20H,7-8,10,14-15H2,1-4H3,(H,28,32);(H,6,7)/t17-,20+,26+,27+;/m0./s1. The van der Waals surface area contributed by atoms with Gasteiger partial charge in [-0.05, 0) is 64.5 Å². The highest BCUT2D eigenvalue weighted by atomic mass is 19.4. The van der Waals surface area contributed by atoms with Crippen LogP contribution in [0.2, 0.25) is 0 Å². The third-order valence-electron chi connectivity index (χ3n) is 8.14. The number of rotatable bonds is 6. The maximum Gasteiger partial charge on any atom is 0.490 e. The molecule has 1 aliphatic heterocycles. The van der Waals surface area contributed by atoms with Gasteiger partial charge >= 0.3 is 12.1 Å². The highest BCUT2D eigenvalue weighted by Crippen LogP contribution is 2.53. The molecule has 42 heavy (non-hydrogen) atoms. The highest BCUT2D eigenvalue weighted by Gasteiger charge is 2.55. The normalized spacial score (nSPS) is 26.2. The van der Waals surface area contributed by atoms with Crippen LogP contribution in [0.1, 0.15) is 75.5 Å². The summed E-state index contributed by atoms with van der Waals surface area (Å²) in [5, 5.41) is 9.95. The minimum absolute atomic E-state index is 0.0619. The van der Waals surface area contributed by atoms with Crippen LogP contribution in [0.5, 0.6) is 5.75 Å². The van der Waals surface area contributed by atoms with Crippen molar-refractivity contribution in [2.24, 2.45) is 5.92 Å². The average molecular weight is 591 g/mol. The second kappa shape index (κ2) is 10.4. The fraction of sp³-hybridized carbons (Fsp3) is 0.517. The van der Waals surface area contributed by atoms with Crippen LogP contribution in [0.4, 0.5) is 18.9 Å². The van der Waals surface area contributed by atoms with E-state index in [0.29, 0.717) is 23.8 Å². The average Bonchev–Trinajstić information content (AvgIpc) is 3.22. The van der Waals surface area contributed by atoms with Crippen LogP contribution in [0.15, 0.2) is 41.6 Å². The van der Waals surface area contributed by atoms with Gasteiger partial charge in [-0.25, -0.2) is 9.78 Å². The number of amides is 1. The molecule has 13 heteroatoms. The number of nitrogens with one attached hydrogen (secondary N) is 1. The van der Waals surface area contributed by atoms with Crippen LogP contribution in [0.25, 0.3) is 5.65 Å². The van der Waals surface area contributed by atoms with Crippen molar-refractivity contribution in [3.63, 3.8) is 0 Å². The van der Waals surface area contributed by atoms with Gasteiger partial charge in [0.2, 0.25) is 0 Å². The lowest BCUT2D eigenvalue weighted by atomic mass is 9.84. The van der Waals surface area contributed by atoms with Gasteiger partial charge < -0.3 is 28.9 Å². The molecule has 4 heterocycles. The SMILES string of the molecule is CC(C)Oc1cc2nc([C@]34CC[C@](C)(C3)OC4)cn2cc1C(=O)Nc1cccn([C@@H]2C[C@@H]2C)c1=O.O=C(O)C(F)(F)F. The molecule has 2 aliphatic carbocycles. The van der Waals surface area contributed by atoms with E-state index in [2.05, 4.69) is 19.2 Å². The van der Waals surface area contributed by atoms with Crippen LogP contribution in [-0.2, 0) is 14.9 Å². The molecule has 3 fully saturated rings. The van der Waals surface area contributed by atoms with E-state index in [4.69, 9.17) is 24.4 Å². The topological polar surface area (TPSA) is 124 Å². The molecule has 0 aromatic carbocycles. The summed E-state index contributed by atoms with van der Waals surface area (Å²) < 4.78 is 47.4. The van der Waals surface area contributed by atoms with E-state index >= 15 is 0 Å². The number of anilines is 1. The molecule has 10 nitrogen and oxygen atoms in total. The molecule has 3 aliphatic rings. The molecule has 1 saturated heterocycles. The Bertz CT molecular complexity index is 1590. The van der Waals surface area contributed by atoms with Crippen molar-refractivity contribution in [3.05, 3.63) is 58.4 Å². The number of fused-ring (bicyclic) bond motifs is 3. The van der Waals surface area contributed by atoms with Crippen molar-refractivity contribution in [1.29, 1.82) is 0 Å². The number of ether oxygens (including phenoxy) is 2. The number of halogens is 3. The van der Waals surface area contributed by atoms with Gasteiger partial charge in [-0.2, -0.15) is 13.2 Å². The summed E-state index contributed by atoms with van der Waals surface area (Å²) in [7, 11) is 0. The van der Waals surface area contributed by atoms with Crippen molar-refractivity contribution in [2.45, 2.75) is 82.7 Å². The van der Waals surface area contributed by atoms with Crippen molar-refractivity contribution in [1.82, 2.24) is 14.0 Å². The Morgan fingerprint density at radius 3 is 2.48 bits per heavy atom. The van der Waals surface area contributed by atoms with Crippen molar-refractivity contribution in [3.8, 4) is 5.75 Å². The first kappa shape index (κ1) is 29.6. The van der Waals surface area contributed by atoms with Crippen LogP contribution in [0.3, 0.4) is 0 Å². The van der Waals surface area contributed by atoms with Crippen molar-refractivity contribution >= 4 is 23.2 Å². The van der Waals surface area contributed by atoms with Crippen LogP contribution < -0.4 is 15.6 Å². The van der Waals surface area contributed by atoms with Gasteiger partial charge in [-0.3, -0.25) is 9.59 Å². The summed E-state index contributed by atoms with van der Waals surface area (Å²) in [6.45, 7) is 8.81. The second-order valence-electron chi connectivity index (χ2n) is 12.0. The minimum atomic E-state index is -5.08. The molecule has 0 radical (unpaired) electrons. The summed E-state index contributed by atoms with van der Waals surface area (Å²) in [6, 6.07) is 5.47. The fourth-order valence-corrected chi connectivity index (χ4v) is 5.79. The molecule has 1 amide bonds. The zero-order valence-electron chi connectivity index (χ0n) is 23.7. The van der Waals surface area contributed by atoms with Gasteiger partial charge in [0.1, 0.15) is 17.1 Å². The van der Waals surface area contributed by atoms with Gasteiger partial charge in [-0.1, -0.05) is 6.92 Å². The lowest BCUT2D eigenvalue weighted by molar-refractivity contribution is -0.192. The van der Waals surface area contributed by atoms with E-state index in [9.17, 15) is 22.8 Å². The molecule has 0 unspecified atom stereocenters. The summed E-state index contributed by atoms with van der Waals surface area (Å²) in [5.74, 6) is -2.21. The number of carboxylic acid groups (broad SMARTS) is 1. The van der Waals surface area contributed by atoms with Crippen LogP contribution in [0, 0.1) is 5.92 Å². The predicted octanol–water partition coefficient (Wildman–Crippen LogP) is 4.96. The smallest absolute Gasteiger partial charge is 0.490 e. The number of hydrogen-bond donors (Lipinski definition) is 2. The van der Waals surface area contributed by atoms with Gasteiger partial charge in [0, 0.05) is 36.1 Å². The van der Waals surface area contributed by atoms with Gasteiger partial charge in [0.05, 0.1) is 29.6 Å². The summed E-state index contributed by atoms with van der Waals surface area (Å²) in [4.78, 5) is 40.2. The highest BCUT2D eigenvalue weighted by molar-refractivity contribution is 6.06. The number of carbonyl (C=O) groups excluding carboxylic acids is 1. The molecule has 2 bridgehead atoms. The van der Waals surface area contributed by atoms with Gasteiger partial charge in [0.15, 0.2) is 0 Å². The molecule has 2 saturated carbocycles. The number of pyridine rings is 2. The predicted molar refractivity (Wildman–Crippen MR) is 146 cm³/mol. The third kappa shape index (κ3) is 5.74. The van der Waals surface area contributed by atoms with Gasteiger partial charge in [0.25, 0.3) is 11.5 Å². The first-order chi connectivity index (χ1) is 19.6. The van der Waals surface area contributed by atoms with E-state index in [0.717, 1.165) is 37.0 Å². The largest absolute Gasteiger partial charge is 0.490 e. The first-order valence-electron chi connectivity index (χ1n) is 13.8. The Kier molecular flexibility index (Phi) is 7.36. The Balaban J connectivity index is 0.000000451. The monoisotopic (exact) mass is 590 g/mol. The minimum Gasteiger partial charge on any atom is -0.490 e. The lowest BCUT2D eigenvalue weighted by Crippen LogP contribution is -2.26. The second-order valence-corrected chi connectivity index (χ2v) is 12.0. The third-order valence-corrected chi connectivity index (χ3v) is 8.14. The molecule has 3 aromatic heterocycles. The number of aromatic nitrogens is 3. The van der Waals surface area contributed by atoms with Crippen molar-refractivity contribution < 1.29 is 37.3 Å². The molecule has 3 aromatic rings. The molecule has 226 valence electrons. The zero-order valence-corrected chi connectivity index (χ0v) is 23.7. The molecule has 6 rings (SSSR count). The number of aliphatic carboxylic acids is 1. The summed E-state index contributed by atoms with van der Waals surface area (Å²) in [6.07, 6.45) is 4.38. The first-order valence-corrected chi connectivity index (χ1v) is 13.8. The number of nitrogens with zero attached hydrogens (tertiary/aromatic N) is 3. The van der Waals surface area contributed by atoms with Gasteiger partial charge in [-0.15, -0.1) is 0 Å². The maximum atomic E-state index is 13.4. The van der Waals surface area contributed by atoms with Crippen molar-refractivity contribution in [2.75, 3.05) is 11.9 Å². The molecular formula is C29H33F3N4O6. The van der Waals surface area contributed by atoms with E-state index in [1.54, 1.807) is 29.1 Å². The Hall–Kier alpha value is -3.87. The number of hydrogen-bond acceptors (Lipinski definition) is 6. The zero-order chi connectivity index (χ0) is 30.6. The van der Waals surface area contributed by atoms with Crippen LogP contribution in [-0.4, -0.2) is 55.4 Å².